The Morgan fingerprint density at radius 2 is 2.20 bits per heavy atom. The molecule has 5 heavy (non-hydrogen) atoms. The van der Waals surface area contributed by atoms with Crippen LogP contribution in [0.2, 0.25) is 0 Å². The average Bonchev–Trinajstić information content (AvgIpc) is 1.38. The quantitative estimate of drug-likeness (QED) is 0.405. The van der Waals surface area contributed by atoms with Gasteiger partial charge in [-0.3, -0.25) is 5.73 Å². The summed E-state index contributed by atoms with van der Waals surface area (Å²) in [5.74, 6) is 0. The van der Waals surface area contributed by atoms with E-state index in [4.69, 9.17) is 5.11 Å². The van der Waals surface area contributed by atoms with Crippen molar-refractivity contribution in [2.24, 2.45) is 5.73 Å². The third-order valence-corrected chi connectivity index (χ3v) is 0.174. The number of nitrogens with two attached hydrogens (primary N) is 1. The van der Waals surface area contributed by atoms with E-state index < -0.39 is 12.9 Å². The van der Waals surface area contributed by atoms with Gasteiger partial charge >= 0.3 is 0 Å². The van der Waals surface area contributed by atoms with Gasteiger partial charge < -0.3 is 5.11 Å². The molecule has 0 bridgehead atoms. The first kappa shape index (κ1) is 4.85. The van der Waals surface area contributed by atoms with E-state index in [9.17, 15) is 4.39 Å². The summed E-state index contributed by atoms with van der Waals surface area (Å²) in [7, 11) is 0. The third-order valence-electron chi connectivity index (χ3n) is 0.174. The first-order valence-corrected chi connectivity index (χ1v) is 1.28. The average molecular weight is 79.1 g/mol. The molecule has 0 saturated heterocycles. The van der Waals surface area contributed by atoms with Gasteiger partial charge in [-0.15, -0.1) is 0 Å². The summed E-state index contributed by atoms with van der Waals surface area (Å²) in [6, 6.07) is 0. The largest absolute Gasteiger partial charge is 0.392 e. The summed E-state index contributed by atoms with van der Waals surface area (Å²) in [6.07, 6.45) is -1.56. The second-order valence-corrected chi connectivity index (χ2v) is 0.699. The van der Waals surface area contributed by atoms with Crippen LogP contribution in [0.4, 0.5) is 4.39 Å². The second kappa shape index (κ2) is 2.11. The lowest BCUT2D eigenvalue weighted by Gasteiger charge is -1.86. The van der Waals surface area contributed by atoms with E-state index in [1.54, 1.807) is 0 Å². The van der Waals surface area contributed by atoms with Crippen LogP contribution in [-0.4, -0.2) is 18.0 Å². The number of hydrogen-bond acceptors (Lipinski definition) is 2. The fourth-order valence-electron chi connectivity index (χ4n) is 0. The number of hydrogen-bond donors (Lipinski definition) is 2. The van der Waals surface area contributed by atoms with Gasteiger partial charge in [0.15, 0.2) is 6.30 Å². The van der Waals surface area contributed by atoms with Crippen LogP contribution in [0, 0.1) is 0 Å². The van der Waals surface area contributed by atoms with Gasteiger partial charge in [-0.05, 0) is 0 Å². The van der Waals surface area contributed by atoms with Gasteiger partial charge in [0.1, 0.15) is 0 Å². The lowest BCUT2D eigenvalue weighted by molar-refractivity contribution is 0.183. The molecule has 0 aromatic rings. The highest BCUT2D eigenvalue weighted by Crippen LogP contribution is 1.68. The zero-order valence-corrected chi connectivity index (χ0v) is 2.69. The van der Waals surface area contributed by atoms with Gasteiger partial charge in [-0.2, -0.15) is 0 Å². The molecule has 0 unspecified atom stereocenters. The first-order valence-electron chi connectivity index (χ1n) is 1.28. The molecule has 1 atom stereocenters. The van der Waals surface area contributed by atoms with E-state index >= 15 is 0 Å². The fourth-order valence-corrected chi connectivity index (χ4v) is 0. The van der Waals surface area contributed by atoms with E-state index in [2.05, 4.69) is 5.73 Å². The molecule has 0 radical (unpaired) electrons. The summed E-state index contributed by atoms with van der Waals surface area (Å²) in [6.45, 7) is -0.583. The maximum atomic E-state index is 11.0. The summed E-state index contributed by atoms with van der Waals surface area (Å²) >= 11 is 0. The van der Waals surface area contributed by atoms with Crippen LogP contribution in [0.5, 0.6) is 0 Å². The molecule has 0 aromatic carbocycles. The van der Waals surface area contributed by atoms with Gasteiger partial charge in [0.2, 0.25) is 0 Å². The summed E-state index contributed by atoms with van der Waals surface area (Å²) in [4.78, 5) is 0. The lowest BCUT2D eigenvalue weighted by atomic mass is 10.7. The monoisotopic (exact) mass is 79.0 g/mol. The summed E-state index contributed by atoms with van der Waals surface area (Å²) in [5.41, 5.74) is 4.38. The predicted molar refractivity (Wildman–Crippen MR) is 16.2 cm³/mol. The van der Waals surface area contributed by atoms with Crippen molar-refractivity contribution < 1.29 is 9.50 Å². The number of rotatable bonds is 1. The highest BCUT2D eigenvalue weighted by atomic mass is 19.1. The van der Waals surface area contributed by atoms with Gasteiger partial charge in [-0.1, -0.05) is 0 Å². The highest BCUT2D eigenvalue weighted by Gasteiger charge is 1.86. The minimum Gasteiger partial charge on any atom is -0.392 e. The molecule has 32 valence electrons. The Balaban J connectivity index is 2.54. The fraction of sp³-hybridized carbons (Fsp3) is 1.00. The van der Waals surface area contributed by atoms with Crippen LogP contribution in [0.1, 0.15) is 0 Å². The normalized spacial score (nSPS) is 15.0. The predicted octanol–water partition coefficient (Wildman–Crippen LogP) is -0.767. The molecule has 0 aliphatic heterocycles. The molecule has 0 aliphatic carbocycles. The highest BCUT2D eigenvalue weighted by molar-refractivity contribution is 4.32. The van der Waals surface area contributed by atoms with Crippen molar-refractivity contribution in [1.82, 2.24) is 0 Å². The molecule has 0 heterocycles. The Kier molecular flexibility index (Phi) is 2.05. The van der Waals surface area contributed by atoms with E-state index in [1.807, 2.05) is 0 Å². The van der Waals surface area contributed by atoms with Crippen LogP contribution in [0.25, 0.3) is 0 Å². The van der Waals surface area contributed by atoms with Gasteiger partial charge in [-0.25, -0.2) is 4.39 Å². The van der Waals surface area contributed by atoms with Crippen molar-refractivity contribution in [3.05, 3.63) is 0 Å². The SMILES string of the molecule is N[C@H](F)CO. The number of alkyl halides is 1. The summed E-state index contributed by atoms with van der Waals surface area (Å²) in [5, 5.41) is 7.64. The van der Waals surface area contributed by atoms with E-state index in [1.165, 1.54) is 0 Å². The smallest absolute Gasteiger partial charge is 0.171 e. The van der Waals surface area contributed by atoms with Crippen LogP contribution in [0.15, 0.2) is 0 Å². The Bertz CT molecular complexity index is 23.6. The van der Waals surface area contributed by atoms with Crippen LogP contribution < -0.4 is 5.73 Å². The molecule has 0 spiro atoms. The molecule has 2 nitrogen and oxygen atoms in total. The number of aliphatic hydroxyl groups excluding tert-OH is 1. The van der Waals surface area contributed by atoms with E-state index in [0.29, 0.717) is 0 Å². The topological polar surface area (TPSA) is 46.2 Å². The van der Waals surface area contributed by atoms with Crippen LogP contribution in [0.3, 0.4) is 0 Å². The minimum absolute atomic E-state index is 0.583. The second-order valence-electron chi connectivity index (χ2n) is 0.699. The van der Waals surface area contributed by atoms with Crippen molar-refractivity contribution in [1.29, 1.82) is 0 Å². The van der Waals surface area contributed by atoms with Crippen molar-refractivity contribution in [3.8, 4) is 0 Å². The third kappa shape index (κ3) is 3.85. The van der Waals surface area contributed by atoms with Crippen LogP contribution >= 0.6 is 0 Å². The summed E-state index contributed by atoms with van der Waals surface area (Å²) < 4.78 is 11.0. The van der Waals surface area contributed by atoms with E-state index in [-0.39, 0.29) is 0 Å². The Hall–Kier alpha value is -0.150. The van der Waals surface area contributed by atoms with Gasteiger partial charge in [0.25, 0.3) is 0 Å². The molecule has 0 saturated carbocycles. The zero-order chi connectivity index (χ0) is 4.28. The molecule has 0 aliphatic rings. The number of aliphatic hydroxyl groups is 1. The van der Waals surface area contributed by atoms with Gasteiger partial charge in [0, 0.05) is 0 Å². The molecular formula is C2H6FNO. The molecule has 3 heteroatoms. The van der Waals surface area contributed by atoms with Crippen LogP contribution in [-0.2, 0) is 0 Å². The Labute approximate surface area is 29.4 Å². The Morgan fingerprint density at radius 3 is 2.20 bits per heavy atom. The standard InChI is InChI=1S/C2H6FNO/c3-2(4)1-5/h2,5H,1,4H2/t2-/m0/s1. The molecule has 0 fully saturated rings. The lowest BCUT2D eigenvalue weighted by Crippen LogP contribution is -2.16. The first-order chi connectivity index (χ1) is 2.27. The molecule has 0 amide bonds. The maximum absolute atomic E-state index is 11.0. The molecule has 3 N–H and O–H groups in total. The number of halogens is 1. The van der Waals surface area contributed by atoms with Crippen molar-refractivity contribution in [2.75, 3.05) is 6.61 Å². The molecule has 0 aromatic heterocycles. The van der Waals surface area contributed by atoms with Crippen molar-refractivity contribution >= 4 is 0 Å². The minimum atomic E-state index is -1.56. The molecular weight excluding hydrogens is 73.0 g/mol. The van der Waals surface area contributed by atoms with Crippen molar-refractivity contribution in [2.45, 2.75) is 6.30 Å². The molecule has 0 rings (SSSR count). The Morgan fingerprint density at radius 1 is 2.00 bits per heavy atom. The van der Waals surface area contributed by atoms with Crippen molar-refractivity contribution in [3.63, 3.8) is 0 Å². The van der Waals surface area contributed by atoms with Gasteiger partial charge in [0.05, 0.1) is 6.61 Å². The maximum Gasteiger partial charge on any atom is 0.171 e. The zero-order valence-electron chi connectivity index (χ0n) is 2.69. The van der Waals surface area contributed by atoms with E-state index in [0.717, 1.165) is 0 Å².